The molecule has 0 unspecified atom stereocenters. The summed E-state index contributed by atoms with van der Waals surface area (Å²) in [6, 6.07) is 0. The van der Waals surface area contributed by atoms with E-state index in [1.807, 2.05) is 20.8 Å². The molecule has 0 bridgehead atoms. The lowest BCUT2D eigenvalue weighted by molar-refractivity contribution is -0.222. The van der Waals surface area contributed by atoms with Crippen LogP contribution in [0.4, 0.5) is 13.2 Å². The SMILES string of the molecule is CC(C)(C)Cc1nnn(C(F)(F)F)n1. The van der Waals surface area contributed by atoms with Crippen LogP contribution in [-0.4, -0.2) is 20.2 Å². The molecule has 14 heavy (non-hydrogen) atoms. The molecule has 1 aromatic heterocycles. The number of alkyl halides is 3. The van der Waals surface area contributed by atoms with Gasteiger partial charge in [0.2, 0.25) is 0 Å². The predicted octanol–water partition coefficient (Wildman–Crippen LogP) is 1.74. The van der Waals surface area contributed by atoms with E-state index in [-0.39, 0.29) is 16.0 Å². The fraction of sp³-hybridized carbons (Fsp3) is 0.857. The van der Waals surface area contributed by atoms with Crippen molar-refractivity contribution in [1.29, 1.82) is 0 Å². The Kier molecular flexibility index (Phi) is 2.51. The van der Waals surface area contributed by atoms with E-state index in [9.17, 15) is 13.2 Å². The monoisotopic (exact) mass is 208 g/mol. The first-order valence-corrected chi connectivity index (χ1v) is 4.04. The molecule has 0 spiro atoms. The standard InChI is InChI=1S/C7H11F3N4/c1-6(2,3)4-5-11-13-14(12-5)7(8,9)10/h4H2,1-3H3. The van der Waals surface area contributed by atoms with Crippen molar-refractivity contribution in [2.24, 2.45) is 5.41 Å². The Morgan fingerprint density at radius 1 is 1.21 bits per heavy atom. The number of hydrogen-bond donors (Lipinski definition) is 0. The van der Waals surface area contributed by atoms with Crippen molar-refractivity contribution in [3.8, 4) is 0 Å². The van der Waals surface area contributed by atoms with Gasteiger partial charge >= 0.3 is 6.30 Å². The maximum Gasteiger partial charge on any atom is 0.522 e. The summed E-state index contributed by atoms with van der Waals surface area (Å²) in [5.74, 6) is 0.106. The van der Waals surface area contributed by atoms with Crippen LogP contribution in [0.1, 0.15) is 26.6 Å². The van der Waals surface area contributed by atoms with Crippen molar-refractivity contribution < 1.29 is 13.2 Å². The number of tetrazole rings is 1. The molecule has 0 amide bonds. The normalized spacial score (nSPS) is 13.3. The van der Waals surface area contributed by atoms with Gasteiger partial charge in [-0.2, -0.15) is 0 Å². The van der Waals surface area contributed by atoms with Gasteiger partial charge in [-0.05, 0) is 10.6 Å². The highest BCUT2D eigenvalue weighted by atomic mass is 19.4. The van der Waals surface area contributed by atoms with Crippen LogP contribution in [-0.2, 0) is 12.7 Å². The Labute approximate surface area is 79.1 Å². The zero-order valence-electron chi connectivity index (χ0n) is 8.13. The molecule has 1 rings (SSSR count). The molecule has 80 valence electrons. The third-order valence-electron chi connectivity index (χ3n) is 1.37. The summed E-state index contributed by atoms with van der Waals surface area (Å²) in [6.07, 6.45) is -4.22. The van der Waals surface area contributed by atoms with Gasteiger partial charge in [-0.1, -0.05) is 25.6 Å². The molecule has 0 N–H and O–H groups in total. The predicted molar refractivity (Wildman–Crippen MR) is 42.3 cm³/mol. The van der Waals surface area contributed by atoms with E-state index in [0.29, 0.717) is 6.42 Å². The third kappa shape index (κ3) is 2.97. The van der Waals surface area contributed by atoms with Crippen LogP contribution in [0.15, 0.2) is 0 Å². The molecule has 7 heteroatoms. The lowest BCUT2D eigenvalue weighted by Gasteiger charge is -2.14. The summed E-state index contributed by atoms with van der Waals surface area (Å²) in [6.45, 7) is 5.67. The second-order valence-corrected chi connectivity index (χ2v) is 4.20. The average Bonchev–Trinajstić information content (AvgIpc) is 2.29. The van der Waals surface area contributed by atoms with E-state index < -0.39 is 6.30 Å². The van der Waals surface area contributed by atoms with Crippen molar-refractivity contribution in [1.82, 2.24) is 20.2 Å². The van der Waals surface area contributed by atoms with Crippen LogP contribution in [0.2, 0.25) is 0 Å². The van der Waals surface area contributed by atoms with Gasteiger partial charge < -0.3 is 0 Å². The average molecular weight is 208 g/mol. The summed E-state index contributed by atoms with van der Waals surface area (Å²) in [4.78, 5) is -0.325. The maximum atomic E-state index is 12.0. The first kappa shape index (κ1) is 10.9. The van der Waals surface area contributed by atoms with Crippen LogP contribution in [0, 0.1) is 5.41 Å². The first-order valence-electron chi connectivity index (χ1n) is 4.04. The van der Waals surface area contributed by atoms with E-state index in [1.165, 1.54) is 0 Å². The minimum absolute atomic E-state index is 0.106. The van der Waals surface area contributed by atoms with E-state index in [4.69, 9.17) is 0 Å². The van der Waals surface area contributed by atoms with Gasteiger partial charge in [-0.15, -0.1) is 23.4 Å². The maximum absolute atomic E-state index is 12.0. The molecule has 0 radical (unpaired) electrons. The van der Waals surface area contributed by atoms with Crippen LogP contribution in [0.5, 0.6) is 0 Å². The van der Waals surface area contributed by atoms with Gasteiger partial charge in [-0.25, -0.2) is 0 Å². The molecule has 0 saturated carbocycles. The Hall–Kier alpha value is -1.14. The molecule has 1 aromatic rings. The van der Waals surface area contributed by atoms with Gasteiger partial charge in [0.05, 0.1) is 0 Å². The molecule has 0 aliphatic rings. The summed E-state index contributed by atoms with van der Waals surface area (Å²) in [5.41, 5.74) is -0.153. The van der Waals surface area contributed by atoms with Crippen LogP contribution in [0.25, 0.3) is 0 Å². The Bertz CT molecular complexity index is 309. The minimum atomic E-state index is -4.58. The lowest BCUT2D eigenvalue weighted by atomic mass is 9.92. The second kappa shape index (κ2) is 3.21. The number of hydrogen-bond acceptors (Lipinski definition) is 3. The molecule has 0 aliphatic heterocycles. The summed E-state index contributed by atoms with van der Waals surface area (Å²) in [7, 11) is 0. The van der Waals surface area contributed by atoms with E-state index in [1.54, 1.807) is 0 Å². The molecular weight excluding hydrogens is 197 g/mol. The quantitative estimate of drug-likeness (QED) is 0.706. The molecule has 0 atom stereocenters. The van der Waals surface area contributed by atoms with Gasteiger partial charge in [0.1, 0.15) is 0 Å². The lowest BCUT2D eigenvalue weighted by Crippen LogP contribution is -2.20. The van der Waals surface area contributed by atoms with Crippen LogP contribution in [0.3, 0.4) is 0 Å². The summed E-state index contributed by atoms with van der Waals surface area (Å²) < 4.78 is 36.1. The van der Waals surface area contributed by atoms with E-state index in [2.05, 4.69) is 15.4 Å². The highest BCUT2D eigenvalue weighted by molar-refractivity contribution is 4.83. The summed E-state index contributed by atoms with van der Waals surface area (Å²) in [5, 5.41) is 9.49. The highest BCUT2D eigenvalue weighted by Gasteiger charge is 2.34. The fourth-order valence-corrected chi connectivity index (χ4v) is 0.896. The Morgan fingerprint density at radius 2 is 1.79 bits per heavy atom. The number of rotatable bonds is 1. The zero-order chi connectivity index (χ0) is 11.0. The molecule has 0 fully saturated rings. The Balaban J connectivity index is 2.79. The number of nitrogens with zero attached hydrogens (tertiary/aromatic N) is 4. The third-order valence-corrected chi connectivity index (χ3v) is 1.37. The first-order chi connectivity index (χ1) is 6.18. The number of halogens is 3. The fourth-order valence-electron chi connectivity index (χ4n) is 0.896. The van der Waals surface area contributed by atoms with Gasteiger partial charge in [0.25, 0.3) is 0 Å². The van der Waals surface area contributed by atoms with E-state index >= 15 is 0 Å². The molecule has 0 aromatic carbocycles. The molecule has 0 saturated heterocycles. The van der Waals surface area contributed by atoms with Crippen molar-refractivity contribution in [3.05, 3.63) is 5.82 Å². The molecule has 1 heterocycles. The van der Waals surface area contributed by atoms with Crippen molar-refractivity contribution in [3.63, 3.8) is 0 Å². The highest BCUT2D eigenvalue weighted by Crippen LogP contribution is 2.21. The smallest absolute Gasteiger partial charge is 0.147 e. The second-order valence-electron chi connectivity index (χ2n) is 4.20. The van der Waals surface area contributed by atoms with Crippen molar-refractivity contribution >= 4 is 0 Å². The van der Waals surface area contributed by atoms with Crippen molar-refractivity contribution in [2.75, 3.05) is 0 Å². The van der Waals surface area contributed by atoms with Crippen LogP contribution >= 0.6 is 0 Å². The summed E-state index contributed by atoms with van der Waals surface area (Å²) >= 11 is 0. The van der Waals surface area contributed by atoms with E-state index in [0.717, 1.165) is 0 Å². The Morgan fingerprint density at radius 3 is 2.14 bits per heavy atom. The van der Waals surface area contributed by atoms with Crippen LogP contribution < -0.4 is 0 Å². The molecule has 0 aliphatic carbocycles. The number of aromatic nitrogens is 4. The van der Waals surface area contributed by atoms with Gasteiger partial charge in [-0.3, -0.25) is 0 Å². The van der Waals surface area contributed by atoms with Crippen molar-refractivity contribution in [2.45, 2.75) is 33.5 Å². The molecular formula is C7H11F3N4. The topological polar surface area (TPSA) is 43.6 Å². The zero-order valence-corrected chi connectivity index (χ0v) is 8.13. The molecule has 4 nitrogen and oxygen atoms in total. The van der Waals surface area contributed by atoms with Gasteiger partial charge in [0.15, 0.2) is 5.82 Å². The van der Waals surface area contributed by atoms with Gasteiger partial charge in [0, 0.05) is 6.42 Å². The largest absolute Gasteiger partial charge is 0.522 e. The minimum Gasteiger partial charge on any atom is -0.147 e.